The summed E-state index contributed by atoms with van der Waals surface area (Å²) >= 11 is 3.14. The number of rotatable bonds is 3. The molecule has 0 fully saturated rings. The van der Waals surface area contributed by atoms with Gasteiger partial charge in [0.25, 0.3) is 0 Å². The topological polar surface area (TPSA) is 46.2 Å². The van der Waals surface area contributed by atoms with Crippen LogP contribution in [-0.4, -0.2) is 23.9 Å². The van der Waals surface area contributed by atoms with E-state index in [4.69, 9.17) is 5.73 Å². The van der Waals surface area contributed by atoms with Crippen molar-refractivity contribution in [3.05, 3.63) is 34.3 Å². The Balaban J connectivity index is 3.04. The van der Waals surface area contributed by atoms with E-state index in [0.29, 0.717) is 10.0 Å². The number of halogens is 4. The number of hydrogen-bond acceptors (Lipinski definition) is 2. The fourth-order valence-electron chi connectivity index (χ4n) is 1.43. The summed E-state index contributed by atoms with van der Waals surface area (Å²) in [4.78, 5) is 0. The van der Waals surface area contributed by atoms with Crippen LogP contribution in [0, 0.1) is 0 Å². The Morgan fingerprint density at radius 3 is 2.31 bits per heavy atom. The zero-order valence-corrected chi connectivity index (χ0v) is 9.79. The van der Waals surface area contributed by atoms with E-state index < -0.39 is 18.2 Å². The van der Waals surface area contributed by atoms with E-state index in [1.165, 1.54) is 6.07 Å². The molecule has 16 heavy (non-hydrogen) atoms. The van der Waals surface area contributed by atoms with Crippen LogP contribution < -0.4 is 5.73 Å². The second-order valence-corrected chi connectivity index (χ2v) is 4.20. The third-order valence-electron chi connectivity index (χ3n) is 2.28. The van der Waals surface area contributed by atoms with E-state index in [1.54, 1.807) is 18.2 Å². The summed E-state index contributed by atoms with van der Waals surface area (Å²) in [5, 5.41) is 9.20. The lowest BCUT2D eigenvalue weighted by atomic mass is 9.93. The number of aliphatic hydroxyl groups excluding tert-OH is 1. The van der Waals surface area contributed by atoms with Gasteiger partial charge in [0.2, 0.25) is 0 Å². The molecule has 0 aliphatic heterocycles. The summed E-state index contributed by atoms with van der Waals surface area (Å²) in [6.45, 7) is -0.275. The molecule has 6 heteroatoms. The van der Waals surface area contributed by atoms with Crippen LogP contribution in [-0.2, 0) is 0 Å². The number of hydrogen-bond donors (Lipinski definition) is 2. The van der Waals surface area contributed by atoms with Crippen LogP contribution in [0.15, 0.2) is 28.7 Å². The van der Waals surface area contributed by atoms with Crippen LogP contribution in [0.5, 0.6) is 0 Å². The van der Waals surface area contributed by atoms with E-state index >= 15 is 0 Å². The average Bonchev–Trinajstić information content (AvgIpc) is 2.20. The van der Waals surface area contributed by atoms with Crippen molar-refractivity contribution in [1.29, 1.82) is 0 Å². The number of aliphatic hydroxyl groups is 1. The minimum atomic E-state index is -4.67. The first kappa shape index (κ1) is 13.5. The molecule has 0 aromatic heterocycles. The summed E-state index contributed by atoms with van der Waals surface area (Å²) in [5.41, 5.74) is 5.65. The highest BCUT2D eigenvalue weighted by Crippen LogP contribution is 2.34. The average molecular weight is 298 g/mol. The molecule has 0 spiro atoms. The predicted molar refractivity (Wildman–Crippen MR) is 58.0 cm³/mol. The van der Waals surface area contributed by atoms with Gasteiger partial charge in [0.1, 0.15) is 0 Å². The van der Waals surface area contributed by atoms with Crippen molar-refractivity contribution in [2.45, 2.75) is 18.2 Å². The van der Waals surface area contributed by atoms with Crippen molar-refractivity contribution >= 4 is 15.9 Å². The summed E-state index contributed by atoms with van der Waals surface area (Å²) in [5.74, 6) is -1.16. The lowest BCUT2D eigenvalue weighted by molar-refractivity contribution is -0.210. The van der Waals surface area contributed by atoms with Gasteiger partial charge in [0, 0.05) is 16.9 Å². The monoisotopic (exact) mass is 297 g/mol. The summed E-state index contributed by atoms with van der Waals surface area (Å²) in [6, 6.07) is 6.41. The van der Waals surface area contributed by atoms with Crippen LogP contribution in [0.4, 0.5) is 13.2 Å². The van der Waals surface area contributed by atoms with E-state index in [9.17, 15) is 18.3 Å². The van der Waals surface area contributed by atoms with Gasteiger partial charge in [-0.25, -0.2) is 0 Å². The molecule has 0 aliphatic rings. The van der Waals surface area contributed by atoms with Gasteiger partial charge in [-0.3, -0.25) is 0 Å². The Morgan fingerprint density at radius 1 is 1.31 bits per heavy atom. The fourth-order valence-corrected chi connectivity index (χ4v) is 2.01. The van der Waals surface area contributed by atoms with E-state index in [2.05, 4.69) is 15.9 Å². The zero-order valence-electron chi connectivity index (χ0n) is 8.21. The van der Waals surface area contributed by atoms with Crippen molar-refractivity contribution in [2.75, 3.05) is 6.54 Å². The van der Waals surface area contributed by atoms with E-state index in [-0.39, 0.29) is 6.54 Å². The summed E-state index contributed by atoms with van der Waals surface area (Å²) < 4.78 is 37.7. The SMILES string of the molecule is NCC(c1ccccc1Br)C(O)C(F)(F)F. The standard InChI is InChI=1S/C10H11BrF3NO/c11-8-4-2-1-3-6(8)7(5-15)9(16)10(12,13)14/h1-4,7,9,16H,5,15H2. The molecule has 1 aromatic rings. The van der Waals surface area contributed by atoms with E-state index in [1.807, 2.05) is 0 Å². The molecular weight excluding hydrogens is 287 g/mol. The van der Waals surface area contributed by atoms with E-state index in [0.717, 1.165) is 0 Å². The van der Waals surface area contributed by atoms with Crippen molar-refractivity contribution in [3.63, 3.8) is 0 Å². The predicted octanol–water partition coefficient (Wildman–Crippen LogP) is 2.41. The van der Waals surface area contributed by atoms with Crippen LogP contribution >= 0.6 is 15.9 Å². The molecular formula is C10H11BrF3NO. The number of nitrogens with two attached hydrogens (primary N) is 1. The molecule has 2 nitrogen and oxygen atoms in total. The van der Waals surface area contributed by atoms with Gasteiger partial charge < -0.3 is 10.8 Å². The van der Waals surface area contributed by atoms with Crippen LogP contribution in [0.25, 0.3) is 0 Å². The Kier molecular flexibility index (Phi) is 4.35. The normalized spacial score (nSPS) is 15.9. The van der Waals surface area contributed by atoms with Gasteiger partial charge >= 0.3 is 6.18 Å². The minimum Gasteiger partial charge on any atom is -0.383 e. The Labute approximate surface area is 99.4 Å². The van der Waals surface area contributed by atoms with Crippen LogP contribution in [0.3, 0.4) is 0 Å². The summed E-state index contributed by atoms with van der Waals surface area (Å²) in [7, 11) is 0. The largest absolute Gasteiger partial charge is 0.414 e. The molecule has 2 unspecified atom stereocenters. The third-order valence-corrected chi connectivity index (χ3v) is 3.00. The first-order valence-corrected chi connectivity index (χ1v) is 5.36. The molecule has 0 saturated heterocycles. The van der Waals surface area contributed by atoms with Crippen molar-refractivity contribution in [1.82, 2.24) is 0 Å². The highest BCUT2D eigenvalue weighted by Gasteiger charge is 2.43. The summed E-state index contributed by atoms with van der Waals surface area (Å²) in [6.07, 6.45) is -7.12. The highest BCUT2D eigenvalue weighted by molar-refractivity contribution is 9.10. The molecule has 0 amide bonds. The van der Waals surface area contributed by atoms with Crippen molar-refractivity contribution < 1.29 is 18.3 Å². The second kappa shape index (κ2) is 5.16. The minimum absolute atomic E-state index is 0.275. The maximum Gasteiger partial charge on any atom is 0.414 e. The van der Waals surface area contributed by atoms with Gasteiger partial charge in [-0.15, -0.1) is 0 Å². The Morgan fingerprint density at radius 2 is 1.88 bits per heavy atom. The molecule has 3 N–H and O–H groups in total. The molecule has 0 aliphatic carbocycles. The zero-order chi connectivity index (χ0) is 12.3. The van der Waals surface area contributed by atoms with Gasteiger partial charge in [-0.2, -0.15) is 13.2 Å². The lowest BCUT2D eigenvalue weighted by Gasteiger charge is -2.24. The number of benzene rings is 1. The molecule has 90 valence electrons. The molecule has 0 saturated carbocycles. The van der Waals surface area contributed by atoms with Crippen molar-refractivity contribution in [2.24, 2.45) is 5.73 Å². The molecule has 2 atom stereocenters. The van der Waals surface area contributed by atoms with Crippen LogP contribution in [0.2, 0.25) is 0 Å². The Bertz CT molecular complexity index is 356. The molecule has 1 rings (SSSR count). The lowest BCUT2D eigenvalue weighted by Crippen LogP contribution is -2.38. The maximum absolute atomic E-state index is 12.4. The second-order valence-electron chi connectivity index (χ2n) is 3.35. The van der Waals surface area contributed by atoms with Gasteiger partial charge in [-0.1, -0.05) is 34.1 Å². The third kappa shape index (κ3) is 2.96. The molecule has 1 aromatic carbocycles. The van der Waals surface area contributed by atoms with Crippen LogP contribution in [0.1, 0.15) is 11.5 Å². The molecule has 0 radical (unpaired) electrons. The van der Waals surface area contributed by atoms with Crippen molar-refractivity contribution in [3.8, 4) is 0 Å². The highest BCUT2D eigenvalue weighted by atomic mass is 79.9. The number of alkyl halides is 3. The van der Waals surface area contributed by atoms with Gasteiger partial charge in [-0.05, 0) is 11.6 Å². The molecule has 0 heterocycles. The first-order valence-electron chi connectivity index (χ1n) is 4.57. The smallest absolute Gasteiger partial charge is 0.383 e. The first-order chi connectivity index (χ1) is 7.38. The fraction of sp³-hybridized carbons (Fsp3) is 0.400. The molecule has 0 bridgehead atoms. The maximum atomic E-state index is 12.4. The quantitative estimate of drug-likeness (QED) is 0.900. The van der Waals surface area contributed by atoms with Gasteiger partial charge in [0.15, 0.2) is 6.10 Å². The van der Waals surface area contributed by atoms with Gasteiger partial charge in [0.05, 0.1) is 0 Å². The Hall–Kier alpha value is -0.590.